The van der Waals surface area contributed by atoms with Gasteiger partial charge in [-0.1, -0.05) is 42.8 Å². The molecule has 0 spiro atoms. The SMILES string of the molecule is O=C1CCCCCC1(Cc1ccc2ccccc2c1Br)[N+](=O)[O-]. The summed E-state index contributed by atoms with van der Waals surface area (Å²) < 4.78 is 0.855. The van der Waals surface area contributed by atoms with Crippen LogP contribution in [0.3, 0.4) is 0 Å². The van der Waals surface area contributed by atoms with Gasteiger partial charge in [-0.2, -0.15) is 0 Å². The molecule has 0 aromatic heterocycles. The molecule has 0 heterocycles. The van der Waals surface area contributed by atoms with Gasteiger partial charge in [-0.15, -0.1) is 0 Å². The quantitative estimate of drug-likeness (QED) is 0.443. The summed E-state index contributed by atoms with van der Waals surface area (Å²) in [4.78, 5) is 23.9. The molecule has 1 atom stereocenters. The monoisotopic (exact) mass is 375 g/mol. The van der Waals surface area contributed by atoms with Crippen molar-refractivity contribution in [1.82, 2.24) is 0 Å². The second-order valence-corrected chi connectivity index (χ2v) is 7.00. The number of carbonyl (C=O) groups is 1. The number of rotatable bonds is 3. The Hall–Kier alpha value is -1.75. The van der Waals surface area contributed by atoms with Crippen LogP contribution in [0.4, 0.5) is 0 Å². The fourth-order valence-corrected chi connectivity index (χ4v) is 4.06. The van der Waals surface area contributed by atoms with Crippen molar-refractivity contribution in [3.05, 3.63) is 56.5 Å². The van der Waals surface area contributed by atoms with E-state index in [4.69, 9.17) is 0 Å². The largest absolute Gasteiger partial charge is 0.292 e. The summed E-state index contributed by atoms with van der Waals surface area (Å²) in [5, 5.41) is 13.9. The Morgan fingerprint density at radius 2 is 1.91 bits per heavy atom. The van der Waals surface area contributed by atoms with Gasteiger partial charge in [-0.25, -0.2) is 0 Å². The standard InChI is InChI=1S/C18H18BrNO3/c19-17-14(10-9-13-6-3-4-7-15(13)17)12-18(20(22)23)11-5-1-2-8-16(18)21/h3-4,6-7,9-10H,1-2,5,8,11-12H2. The third-order valence-corrected chi connectivity index (χ3v) is 5.73. The van der Waals surface area contributed by atoms with Crippen molar-refractivity contribution >= 4 is 32.5 Å². The second kappa shape index (κ2) is 6.40. The molecule has 23 heavy (non-hydrogen) atoms. The molecular weight excluding hydrogens is 358 g/mol. The number of hydrogen-bond donors (Lipinski definition) is 0. The molecule has 4 nitrogen and oxygen atoms in total. The van der Waals surface area contributed by atoms with E-state index in [9.17, 15) is 14.9 Å². The average Bonchev–Trinajstić information content (AvgIpc) is 2.73. The van der Waals surface area contributed by atoms with Crippen LogP contribution >= 0.6 is 15.9 Å². The third-order valence-electron chi connectivity index (χ3n) is 4.79. The van der Waals surface area contributed by atoms with E-state index in [2.05, 4.69) is 15.9 Å². The highest BCUT2D eigenvalue weighted by Gasteiger charge is 2.50. The van der Waals surface area contributed by atoms with Crippen molar-refractivity contribution in [3.63, 3.8) is 0 Å². The summed E-state index contributed by atoms with van der Waals surface area (Å²) in [6.07, 6.45) is 3.18. The van der Waals surface area contributed by atoms with E-state index in [-0.39, 0.29) is 17.1 Å². The smallest absolute Gasteiger partial charge is 0.283 e. The molecule has 120 valence electrons. The van der Waals surface area contributed by atoms with Crippen molar-refractivity contribution in [3.8, 4) is 0 Å². The molecule has 1 fully saturated rings. The molecule has 0 saturated heterocycles. The predicted molar refractivity (Wildman–Crippen MR) is 93.2 cm³/mol. The summed E-state index contributed by atoms with van der Waals surface area (Å²) in [5.74, 6) is -0.222. The lowest BCUT2D eigenvalue weighted by molar-refractivity contribution is -0.553. The Morgan fingerprint density at radius 1 is 1.13 bits per heavy atom. The van der Waals surface area contributed by atoms with Gasteiger partial charge >= 0.3 is 0 Å². The van der Waals surface area contributed by atoms with Crippen LogP contribution in [-0.4, -0.2) is 16.2 Å². The molecule has 5 heteroatoms. The first kappa shape index (κ1) is 16.1. The van der Waals surface area contributed by atoms with E-state index < -0.39 is 5.54 Å². The molecule has 1 aliphatic rings. The number of nitrogens with zero attached hydrogens (tertiary/aromatic N) is 1. The predicted octanol–water partition coefficient (Wildman–Crippen LogP) is 4.69. The molecule has 0 amide bonds. The number of carbonyl (C=O) groups excluding carboxylic acids is 1. The van der Waals surface area contributed by atoms with Gasteiger partial charge in [-0.3, -0.25) is 14.9 Å². The highest BCUT2D eigenvalue weighted by Crippen LogP contribution is 2.35. The van der Waals surface area contributed by atoms with E-state index in [1.54, 1.807) is 0 Å². The van der Waals surface area contributed by atoms with Crippen LogP contribution in [-0.2, 0) is 11.2 Å². The normalized spacial score (nSPS) is 22.0. The van der Waals surface area contributed by atoms with Crippen LogP contribution in [0.25, 0.3) is 10.8 Å². The maximum Gasteiger partial charge on any atom is 0.283 e. The highest BCUT2D eigenvalue weighted by molar-refractivity contribution is 9.10. The van der Waals surface area contributed by atoms with Crippen LogP contribution in [0.2, 0.25) is 0 Å². The summed E-state index contributed by atoms with van der Waals surface area (Å²) >= 11 is 3.59. The summed E-state index contributed by atoms with van der Waals surface area (Å²) in [6, 6.07) is 11.7. The third kappa shape index (κ3) is 2.90. The van der Waals surface area contributed by atoms with E-state index in [0.29, 0.717) is 12.8 Å². The molecule has 0 radical (unpaired) electrons. The lowest BCUT2D eigenvalue weighted by Crippen LogP contribution is -2.47. The lowest BCUT2D eigenvalue weighted by atomic mass is 9.83. The zero-order valence-electron chi connectivity index (χ0n) is 12.8. The number of ketones is 1. The minimum absolute atomic E-state index is 0.157. The van der Waals surface area contributed by atoms with E-state index in [0.717, 1.165) is 40.1 Å². The first-order chi connectivity index (χ1) is 11.0. The number of Topliss-reactive ketones (excluding diaryl/α,β-unsaturated/α-hetero) is 1. The van der Waals surface area contributed by atoms with E-state index >= 15 is 0 Å². The molecule has 1 saturated carbocycles. The lowest BCUT2D eigenvalue weighted by Gasteiger charge is -2.23. The zero-order valence-corrected chi connectivity index (χ0v) is 14.3. The zero-order chi connectivity index (χ0) is 16.4. The van der Waals surface area contributed by atoms with E-state index in [1.807, 2.05) is 36.4 Å². The number of hydrogen-bond acceptors (Lipinski definition) is 3. The topological polar surface area (TPSA) is 60.2 Å². The molecule has 1 unspecified atom stereocenters. The van der Waals surface area contributed by atoms with Gasteiger partial charge in [0.25, 0.3) is 5.54 Å². The van der Waals surface area contributed by atoms with Crippen LogP contribution in [0, 0.1) is 10.1 Å². The fourth-order valence-electron chi connectivity index (χ4n) is 3.43. The van der Waals surface area contributed by atoms with Crippen LogP contribution in [0.1, 0.15) is 37.7 Å². The van der Waals surface area contributed by atoms with Gasteiger partial charge in [0.15, 0.2) is 0 Å². The average molecular weight is 376 g/mol. The molecule has 1 aliphatic carbocycles. The van der Waals surface area contributed by atoms with Crippen LogP contribution < -0.4 is 0 Å². The van der Waals surface area contributed by atoms with Gasteiger partial charge in [0.2, 0.25) is 5.78 Å². The minimum atomic E-state index is -1.47. The number of benzene rings is 2. The molecule has 0 bridgehead atoms. The van der Waals surface area contributed by atoms with Crippen molar-refractivity contribution < 1.29 is 9.72 Å². The fraction of sp³-hybridized carbons (Fsp3) is 0.389. The number of nitro groups is 1. The summed E-state index contributed by atoms with van der Waals surface area (Å²) in [7, 11) is 0. The molecule has 0 aliphatic heterocycles. The van der Waals surface area contributed by atoms with Gasteiger partial charge in [0.1, 0.15) is 0 Å². The summed E-state index contributed by atoms with van der Waals surface area (Å²) in [6.45, 7) is 0. The Labute approximate surface area is 143 Å². The molecular formula is C18H18BrNO3. The van der Waals surface area contributed by atoms with Crippen molar-refractivity contribution in [2.24, 2.45) is 0 Å². The number of halogens is 1. The number of fused-ring (bicyclic) bond motifs is 1. The Morgan fingerprint density at radius 3 is 2.70 bits per heavy atom. The molecule has 3 rings (SSSR count). The maximum absolute atomic E-state index is 12.5. The summed E-state index contributed by atoms with van der Waals surface area (Å²) in [5.41, 5.74) is -0.641. The molecule has 2 aromatic rings. The van der Waals surface area contributed by atoms with Gasteiger partial charge in [-0.05, 0) is 45.1 Å². The molecule has 0 N–H and O–H groups in total. The molecule has 2 aromatic carbocycles. The van der Waals surface area contributed by atoms with Gasteiger partial charge in [0.05, 0.1) is 6.42 Å². The van der Waals surface area contributed by atoms with Crippen molar-refractivity contribution in [2.75, 3.05) is 0 Å². The maximum atomic E-state index is 12.5. The first-order valence-electron chi connectivity index (χ1n) is 7.88. The minimum Gasteiger partial charge on any atom is -0.292 e. The Bertz CT molecular complexity index is 774. The van der Waals surface area contributed by atoms with E-state index in [1.165, 1.54) is 0 Å². The Kier molecular flexibility index (Phi) is 4.48. The van der Waals surface area contributed by atoms with Crippen LogP contribution in [0.15, 0.2) is 40.9 Å². The van der Waals surface area contributed by atoms with Crippen LogP contribution in [0.5, 0.6) is 0 Å². The van der Waals surface area contributed by atoms with Gasteiger partial charge < -0.3 is 0 Å². The second-order valence-electron chi connectivity index (χ2n) is 6.21. The van der Waals surface area contributed by atoms with Crippen molar-refractivity contribution in [1.29, 1.82) is 0 Å². The first-order valence-corrected chi connectivity index (χ1v) is 8.68. The van der Waals surface area contributed by atoms with Gasteiger partial charge in [0, 0.05) is 22.2 Å². The highest BCUT2D eigenvalue weighted by atomic mass is 79.9. The Balaban J connectivity index is 2.05. The van der Waals surface area contributed by atoms with Crippen molar-refractivity contribution in [2.45, 2.75) is 44.1 Å².